The second-order valence-electron chi connectivity index (χ2n) is 5.14. The van der Waals surface area contributed by atoms with Crippen molar-refractivity contribution in [3.63, 3.8) is 0 Å². The van der Waals surface area contributed by atoms with Gasteiger partial charge in [0.05, 0.1) is 11.6 Å². The largest absolute Gasteiger partial charge is 0.337 e. The van der Waals surface area contributed by atoms with Gasteiger partial charge in [-0.25, -0.2) is 0 Å². The van der Waals surface area contributed by atoms with E-state index in [9.17, 15) is 5.26 Å². The summed E-state index contributed by atoms with van der Waals surface area (Å²) in [6.45, 7) is 0.982. The lowest BCUT2D eigenvalue weighted by molar-refractivity contribution is 0.345. The quantitative estimate of drug-likeness (QED) is 0.779. The third kappa shape index (κ3) is 1.90. The Bertz CT molecular complexity index is 835. The van der Waals surface area contributed by atoms with E-state index in [0.717, 1.165) is 35.9 Å². The summed E-state index contributed by atoms with van der Waals surface area (Å²) < 4.78 is 6.90. The van der Waals surface area contributed by atoms with Crippen LogP contribution in [0.4, 0.5) is 0 Å². The van der Waals surface area contributed by atoms with Crippen LogP contribution in [-0.4, -0.2) is 21.3 Å². The average Bonchev–Trinajstić information content (AvgIpc) is 3.25. The smallest absolute Gasteiger partial charge is 0.244 e. The van der Waals surface area contributed by atoms with Crippen molar-refractivity contribution in [3.05, 3.63) is 36.4 Å². The van der Waals surface area contributed by atoms with E-state index < -0.39 is 0 Å². The minimum atomic E-state index is 0.149. The summed E-state index contributed by atoms with van der Waals surface area (Å²) in [6.07, 6.45) is 6.03. The molecule has 2 aromatic heterocycles. The Morgan fingerprint density at radius 3 is 3.10 bits per heavy atom. The highest BCUT2D eigenvalue weighted by Gasteiger charge is 2.23. The number of aromatic nitrogens is 3. The van der Waals surface area contributed by atoms with E-state index in [1.807, 2.05) is 24.3 Å². The van der Waals surface area contributed by atoms with Crippen molar-refractivity contribution >= 4 is 10.9 Å². The average molecular weight is 279 g/mol. The Hall–Kier alpha value is -2.65. The number of nitriles is 1. The van der Waals surface area contributed by atoms with Crippen LogP contribution in [0.5, 0.6) is 0 Å². The summed E-state index contributed by atoms with van der Waals surface area (Å²) in [5.41, 5.74) is 1.67. The Labute approximate surface area is 121 Å². The maximum absolute atomic E-state index is 9.21. The second-order valence-corrected chi connectivity index (χ2v) is 5.14. The first-order valence-corrected chi connectivity index (χ1v) is 6.94. The molecule has 4 rings (SSSR count). The summed E-state index contributed by atoms with van der Waals surface area (Å²) in [5.74, 6) is 1.15. The van der Waals surface area contributed by atoms with E-state index in [1.54, 1.807) is 6.20 Å². The first kappa shape index (κ1) is 12.1. The van der Waals surface area contributed by atoms with Gasteiger partial charge in [0.1, 0.15) is 0 Å². The highest BCUT2D eigenvalue weighted by Crippen LogP contribution is 2.30. The summed E-state index contributed by atoms with van der Waals surface area (Å²) in [6, 6.07) is 7.86. The minimum Gasteiger partial charge on any atom is -0.337 e. The van der Waals surface area contributed by atoms with Crippen LogP contribution in [0.15, 0.2) is 35.0 Å². The molecule has 0 bridgehead atoms. The maximum Gasteiger partial charge on any atom is 0.244 e. The predicted molar refractivity (Wildman–Crippen MR) is 76.2 cm³/mol. The molecular formula is C15H13N5O. The molecule has 1 N–H and O–H groups in total. The fourth-order valence-electron chi connectivity index (χ4n) is 2.82. The van der Waals surface area contributed by atoms with Crippen LogP contribution in [0.25, 0.3) is 22.3 Å². The van der Waals surface area contributed by atoms with Crippen molar-refractivity contribution in [2.45, 2.75) is 18.9 Å². The summed E-state index contributed by atoms with van der Waals surface area (Å²) >= 11 is 0. The van der Waals surface area contributed by atoms with Crippen molar-refractivity contribution in [1.29, 1.82) is 5.26 Å². The van der Waals surface area contributed by atoms with Gasteiger partial charge in [-0.05, 0) is 25.5 Å². The first-order valence-electron chi connectivity index (χ1n) is 6.94. The number of nitrogens with one attached hydrogen (secondary N) is 1. The number of benzene rings is 1. The standard InChI is InChI=1S/C15H13N5O/c16-9-20-8-11(10-4-1-2-6-13(10)20)14-18-15(21-19-14)12-5-3-7-17-12/h1-2,4,6,8,12,17H,3,5,7H2/t12-/m0/s1. The highest BCUT2D eigenvalue weighted by molar-refractivity contribution is 5.94. The molecule has 6 nitrogen and oxygen atoms in total. The van der Waals surface area contributed by atoms with Crippen LogP contribution < -0.4 is 5.32 Å². The number of nitrogens with zero attached hydrogens (tertiary/aromatic N) is 4. The molecule has 104 valence electrons. The number of hydrogen-bond donors (Lipinski definition) is 1. The minimum absolute atomic E-state index is 0.149. The van der Waals surface area contributed by atoms with E-state index in [0.29, 0.717) is 11.7 Å². The molecule has 1 atom stereocenters. The van der Waals surface area contributed by atoms with Crippen LogP contribution in [-0.2, 0) is 0 Å². The number of hydrogen-bond acceptors (Lipinski definition) is 5. The molecule has 3 aromatic rings. The Balaban J connectivity index is 1.82. The number of rotatable bonds is 2. The van der Waals surface area contributed by atoms with Crippen molar-refractivity contribution in [2.24, 2.45) is 0 Å². The van der Waals surface area contributed by atoms with Crippen LogP contribution >= 0.6 is 0 Å². The molecule has 1 aliphatic rings. The Morgan fingerprint density at radius 2 is 2.29 bits per heavy atom. The summed E-state index contributed by atoms with van der Waals surface area (Å²) in [5, 5.41) is 17.6. The van der Waals surface area contributed by atoms with Crippen molar-refractivity contribution in [1.82, 2.24) is 20.0 Å². The van der Waals surface area contributed by atoms with E-state index in [1.165, 1.54) is 4.57 Å². The molecule has 0 spiro atoms. The lowest BCUT2D eigenvalue weighted by atomic mass is 10.1. The lowest BCUT2D eigenvalue weighted by Gasteiger charge is -2.01. The van der Waals surface area contributed by atoms with E-state index >= 15 is 0 Å². The molecule has 6 heteroatoms. The molecule has 0 radical (unpaired) electrons. The van der Waals surface area contributed by atoms with Gasteiger partial charge in [0.2, 0.25) is 11.7 Å². The predicted octanol–water partition coefficient (Wildman–Crippen LogP) is 2.44. The van der Waals surface area contributed by atoms with Crippen molar-refractivity contribution < 1.29 is 4.52 Å². The third-order valence-corrected chi connectivity index (χ3v) is 3.86. The molecule has 1 aromatic carbocycles. The molecule has 0 aliphatic carbocycles. The topological polar surface area (TPSA) is 79.7 Å². The van der Waals surface area contributed by atoms with Crippen molar-refractivity contribution in [2.75, 3.05) is 6.54 Å². The van der Waals surface area contributed by atoms with Gasteiger partial charge in [-0.15, -0.1) is 0 Å². The van der Waals surface area contributed by atoms with Crippen molar-refractivity contribution in [3.8, 4) is 17.6 Å². The fourth-order valence-corrected chi connectivity index (χ4v) is 2.82. The zero-order valence-corrected chi connectivity index (χ0v) is 11.3. The van der Waals surface area contributed by atoms with Crippen LogP contribution in [0.1, 0.15) is 24.8 Å². The van der Waals surface area contributed by atoms with Crippen LogP contribution in [0, 0.1) is 11.5 Å². The fraction of sp³-hybridized carbons (Fsp3) is 0.267. The summed E-state index contributed by atoms with van der Waals surface area (Å²) in [4.78, 5) is 4.50. The molecule has 1 fully saturated rings. The SMILES string of the molecule is N#Cn1cc(-c2noc([C@@H]3CCCN3)n2)c2ccccc21. The van der Waals surface area contributed by atoms with Gasteiger partial charge < -0.3 is 9.84 Å². The zero-order valence-electron chi connectivity index (χ0n) is 11.3. The number of fused-ring (bicyclic) bond motifs is 1. The lowest BCUT2D eigenvalue weighted by Crippen LogP contribution is -2.12. The van der Waals surface area contributed by atoms with E-state index in [-0.39, 0.29) is 6.04 Å². The molecule has 0 unspecified atom stereocenters. The van der Waals surface area contributed by atoms with E-state index in [4.69, 9.17) is 4.52 Å². The molecule has 1 aliphatic heterocycles. The van der Waals surface area contributed by atoms with Gasteiger partial charge in [-0.1, -0.05) is 23.4 Å². The zero-order chi connectivity index (χ0) is 14.2. The van der Waals surface area contributed by atoms with E-state index in [2.05, 4.69) is 21.7 Å². The van der Waals surface area contributed by atoms with Crippen LogP contribution in [0.2, 0.25) is 0 Å². The van der Waals surface area contributed by atoms with Gasteiger partial charge in [-0.2, -0.15) is 10.2 Å². The second kappa shape index (κ2) is 4.72. The first-order chi connectivity index (χ1) is 10.4. The molecule has 3 heterocycles. The third-order valence-electron chi connectivity index (χ3n) is 3.86. The summed E-state index contributed by atoms with van der Waals surface area (Å²) in [7, 11) is 0. The van der Waals surface area contributed by atoms with Gasteiger partial charge in [0, 0.05) is 17.1 Å². The molecular weight excluding hydrogens is 266 g/mol. The van der Waals surface area contributed by atoms with Gasteiger partial charge >= 0.3 is 0 Å². The Kier molecular flexibility index (Phi) is 2.72. The monoisotopic (exact) mass is 279 g/mol. The highest BCUT2D eigenvalue weighted by atomic mass is 16.5. The van der Waals surface area contributed by atoms with Gasteiger partial charge in [0.15, 0.2) is 6.19 Å². The van der Waals surface area contributed by atoms with Gasteiger partial charge in [0.25, 0.3) is 0 Å². The molecule has 0 saturated carbocycles. The normalized spacial score (nSPS) is 18.1. The van der Waals surface area contributed by atoms with Crippen LogP contribution in [0.3, 0.4) is 0 Å². The molecule has 1 saturated heterocycles. The van der Waals surface area contributed by atoms with Gasteiger partial charge in [-0.3, -0.25) is 4.57 Å². The molecule has 21 heavy (non-hydrogen) atoms. The number of para-hydroxylation sites is 1. The maximum atomic E-state index is 9.21. The Morgan fingerprint density at radius 1 is 1.38 bits per heavy atom. The molecule has 0 amide bonds.